The maximum atomic E-state index is 13.3. The summed E-state index contributed by atoms with van der Waals surface area (Å²) in [6.07, 6.45) is 5.50. The smallest absolute Gasteiger partial charge is 0.155 e. The maximum absolute atomic E-state index is 13.3. The monoisotopic (exact) mass is 209 g/mol. The van der Waals surface area contributed by atoms with Crippen LogP contribution in [0.3, 0.4) is 0 Å². The quantitative estimate of drug-likeness (QED) is 0.724. The van der Waals surface area contributed by atoms with Gasteiger partial charge in [-0.1, -0.05) is 11.6 Å². The second-order valence-electron chi connectivity index (χ2n) is 2.55. The van der Waals surface area contributed by atoms with E-state index in [4.69, 9.17) is 11.6 Å². The number of hydrogen-bond acceptors (Lipinski definition) is 3. The van der Waals surface area contributed by atoms with Crippen LogP contribution >= 0.6 is 11.6 Å². The predicted octanol–water partition coefficient (Wildman–Crippen LogP) is 2.33. The number of rotatable bonds is 1. The van der Waals surface area contributed by atoms with E-state index >= 15 is 0 Å². The molecule has 2 aromatic rings. The number of pyridine rings is 1. The predicted molar refractivity (Wildman–Crippen MR) is 50.2 cm³/mol. The minimum absolute atomic E-state index is 0.178. The van der Waals surface area contributed by atoms with E-state index in [-0.39, 0.29) is 5.15 Å². The molecule has 0 aromatic carbocycles. The number of halogens is 2. The third kappa shape index (κ3) is 1.56. The van der Waals surface area contributed by atoms with Crippen LogP contribution in [-0.4, -0.2) is 15.0 Å². The molecular weight excluding hydrogens is 205 g/mol. The molecule has 0 fully saturated rings. The van der Waals surface area contributed by atoms with Crippen LogP contribution in [0, 0.1) is 5.82 Å². The van der Waals surface area contributed by atoms with Crippen molar-refractivity contribution in [2.45, 2.75) is 0 Å². The van der Waals surface area contributed by atoms with Gasteiger partial charge in [0.25, 0.3) is 0 Å². The Morgan fingerprint density at radius 3 is 2.64 bits per heavy atom. The van der Waals surface area contributed by atoms with Crippen molar-refractivity contribution >= 4 is 11.6 Å². The highest BCUT2D eigenvalue weighted by atomic mass is 35.5. The first-order chi connectivity index (χ1) is 6.79. The molecule has 0 spiro atoms. The summed E-state index contributed by atoms with van der Waals surface area (Å²) in [5.74, 6) is -0.463. The molecular formula is C9H5ClFN3. The van der Waals surface area contributed by atoms with E-state index < -0.39 is 5.82 Å². The van der Waals surface area contributed by atoms with Crippen molar-refractivity contribution in [3.05, 3.63) is 41.8 Å². The van der Waals surface area contributed by atoms with Crippen molar-refractivity contribution in [3.63, 3.8) is 0 Å². The first-order valence-electron chi connectivity index (χ1n) is 3.85. The van der Waals surface area contributed by atoms with Crippen LogP contribution in [0.2, 0.25) is 5.15 Å². The van der Waals surface area contributed by atoms with Crippen LogP contribution in [0.25, 0.3) is 11.3 Å². The Labute approximate surface area is 84.6 Å². The minimum Gasteiger partial charge on any atom is -0.262 e. The lowest BCUT2D eigenvalue weighted by atomic mass is 10.2. The summed E-state index contributed by atoms with van der Waals surface area (Å²) < 4.78 is 13.3. The molecule has 0 radical (unpaired) electrons. The Morgan fingerprint density at radius 2 is 1.93 bits per heavy atom. The summed E-state index contributed by atoms with van der Waals surface area (Å²) in [5, 5.41) is 0.178. The Bertz CT molecular complexity index is 418. The minimum atomic E-state index is -0.463. The molecule has 0 saturated carbocycles. The van der Waals surface area contributed by atoms with Crippen molar-refractivity contribution < 1.29 is 4.39 Å². The van der Waals surface area contributed by atoms with Gasteiger partial charge in [-0.05, 0) is 6.07 Å². The first kappa shape index (κ1) is 9.02. The SMILES string of the molecule is Fc1cnccc1-c1nccnc1Cl. The van der Waals surface area contributed by atoms with Crippen molar-refractivity contribution in [1.29, 1.82) is 0 Å². The van der Waals surface area contributed by atoms with Gasteiger partial charge >= 0.3 is 0 Å². The van der Waals surface area contributed by atoms with Gasteiger partial charge in [0.15, 0.2) is 11.0 Å². The van der Waals surface area contributed by atoms with E-state index in [1.807, 2.05) is 0 Å². The van der Waals surface area contributed by atoms with Crippen LogP contribution in [-0.2, 0) is 0 Å². The van der Waals surface area contributed by atoms with Gasteiger partial charge in [0.1, 0.15) is 5.69 Å². The van der Waals surface area contributed by atoms with E-state index in [2.05, 4.69) is 15.0 Å². The second kappa shape index (κ2) is 3.67. The standard InChI is InChI=1S/C9H5ClFN3/c10-9-8(13-3-4-14-9)6-1-2-12-5-7(6)11/h1-5H. The molecule has 0 atom stereocenters. The number of aromatic nitrogens is 3. The lowest BCUT2D eigenvalue weighted by Gasteiger charge is -2.01. The molecule has 0 N–H and O–H groups in total. The lowest BCUT2D eigenvalue weighted by Crippen LogP contribution is -1.91. The summed E-state index contributed by atoms with van der Waals surface area (Å²) >= 11 is 5.77. The zero-order valence-corrected chi connectivity index (χ0v) is 7.74. The highest BCUT2D eigenvalue weighted by Gasteiger charge is 2.09. The van der Waals surface area contributed by atoms with Gasteiger partial charge in [0.2, 0.25) is 0 Å². The molecule has 0 bridgehead atoms. The molecule has 5 heteroatoms. The highest BCUT2D eigenvalue weighted by molar-refractivity contribution is 6.31. The van der Waals surface area contributed by atoms with E-state index in [0.29, 0.717) is 11.3 Å². The largest absolute Gasteiger partial charge is 0.262 e. The van der Waals surface area contributed by atoms with Crippen molar-refractivity contribution in [1.82, 2.24) is 15.0 Å². The van der Waals surface area contributed by atoms with Crippen LogP contribution in [0.15, 0.2) is 30.9 Å². The van der Waals surface area contributed by atoms with Gasteiger partial charge in [0.05, 0.1) is 6.20 Å². The molecule has 2 heterocycles. The molecule has 0 aliphatic rings. The zero-order chi connectivity index (χ0) is 9.97. The van der Waals surface area contributed by atoms with Crippen LogP contribution in [0.1, 0.15) is 0 Å². The molecule has 0 amide bonds. The fourth-order valence-corrected chi connectivity index (χ4v) is 1.28. The highest BCUT2D eigenvalue weighted by Crippen LogP contribution is 2.24. The normalized spacial score (nSPS) is 10.1. The topological polar surface area (TPSA) is 38.7 Å². The maximum Gasteiger partial charge on any atom is 0.155 e. The molecule has 2 rings (SSSR count). The van der Waals surface area contributed by atoms with Crippen LogP contribution < -0.4 is 0 Å². The number of hydrogen-bond donors (Lipinski definition) is 0. The average Bonchev–Trinajstić information content (AvgIpc) is 2.20. The van der Waals surface area contributed by atoms with Crippen molar-refractivity contribution in [2.75, 3.05) is 0 Å². The van der Waals surface area contributed by atoms with Gasteiger partial charge in [-0.2, -0.15) is 0 Å². The van der Waals surface area contributed by atoms with Gasteiger partial charge in [-0.3, -0.25) is 9.97 Å². The molecule has 14 heavy (non-hydrogen) atoms. The molecule has 2 aromatic heterocycles. The Balaban J connectivity index is 2.61. The van der Waals surface area contributed by atoms with Crippen molar-refractivity contribution in [3.8, 4) is 11.3 Å². The van der Waals surface area contributed by atoms with Gasteiger partial charge in [-0.15, -0.1) is 0 Å². The fraction of sp³-hybridized carbons (Fsp3) is 0. The third-order valence-corrected chi connectivity index (χ3v) is 1.96. The zero-order valence-electron chi connectivity index (χ0n) is 6.98. The van der Waals surface area contributed by atoms with Crippen LogP contribution in [0.4, 0.5) is 4.39 Å². The van der Waals surface area contributed by atoms with Gasteiger partial charge < -0.3 is 0 Å². The first-order valence-corrected chi connectivity index (χ1v) is 4.23. The van der Waals surface area contributed by atoms with E-state index in [9.17, 15) is 4.39 Å². The van der Waals surface area contributed by atoms with Gasteiger partial charge in [0, 0.05) is 24.2 Å². The van der Waals surface area contributed by atoms with Crippen molar-refractivity contribution in [2.24, 2.45) is 0 Å². The van der Waals surface area contributed by atoms with Gasteiger partial charge in [-0.25, -0.2) is 9.37 Å². The second-order valence-corrected chi connectivity index (χ2v) is 2.91. The number of nitrogens with zero attached hydrogens (tertiary/aromatic N) is 3. The third-order valence-electron chi connectivity index (χ3n) is 1.68. The molecule has 0 unspecified atom stereocenters. The van der Waals surface area contributed by atoms with Crippen LogP contribution in [0.5, 0.6) is 0 Å². The summed E-state index contributed by atoms with van der Waals surface area (Å²) in [5.41, 5.74) is 0.632. The summed E-state index contributed by atoms with van der Waals surface area (Å²) in [7, 11) is 0. The van der Waals surface area contributed by atoms with E-state index in [1.54, 1.807) is 0 Å². The average molecular weight is 210 g/mol. The Hall–Kier alpha value is -1.55. The Morgan fingerprint density at radius 1 is 1.14 bits per heavy atom. The summed E-state index contributed by atoms with van der Waals surface area (Å²) in [6, 6.07) is 1.51. The summed E-state index contributed by atoms with van der Waals surface area (Å²) in [6.45, 7) is 0. The van der Waals surface area contributed by atoms with E-state index in [1.165, 1.54) is 24.7 Å². The summed E-state index contributed by atoms with van der Waals surface area (Å²) in [4.78, 5) is 11.4. The molecule has 0 aliphatic carbocycles. The Kier molecular flexibility index (Phi) is 2.37. The fourth-order valence-electron chi connectivity index (χ4n) is 1.07. The molecule has 0 saturated heterocycles. The lowest BCUT2D eigenvalue weighted by molar-refractivity contribution is 0.624. The molecule has 0 aliphatic heterocycles. The molecule has 3 nitrogen and oxygen atoms in total. The molecule has 70 valence electrons. The van der Waals surface area contributed by atoms with E-state index in [0.717, 1.165) is 6.20 Å².